The maximum absolute atomic E-state index is 7.23. The minimum atomic E-state index is -0.829. The Balaban J connectivity index is 1.08. The summed E-state index contributed by atoms with van der Waals surface area (Å²) in [4.78, 5) is 0. The molecule has 2 saturated heterocycles. The first kappa shape index (κ1) is 51.8. The molecule has 378 valence electrons. The van der Waals surface area contributed by atoms with E-state index < -0.39 is 61.2 Å². The van der Waals surface area contributed by atoms with Crippen molar-refractivity contribution in [1.29, 1.82) is 0 Å². The van der Waals surface area contributed by atoms with Crippen molar-refractivity contribution in [2.75, 3.05) is 13.7 Å². The van der Waals surface area contributed by atoms with Crippen LogP contribution < -0.4 is 0 Å². The van der Waals surface area contributed by atoms with E-state index in [1.165, 1.54) is 0 Å². The zero-order valence-corrected chi connectivity index (χ0v) is 41.4. The molecular formula is C63H66O10. The average Bonchev–Trinajstić information content (AvgIpc) is 3.45. The highest BCUT2D eigenvalue weighted by atomic mass is 16.7. The fourth-order valence-corrected chi connectivity index (χ4v) is 9.23. The first-order valence-corrected chi connectivity index (χ1v) is 25.2. The van der Waals surface area contributed by atoms with Gasteiger partial charge in [-0.1, -0.05) is 224 Å². The molecule has 0 aliphatic carbocycles. The van der Waals surface area contributed by atoms with Crippen LogP contribution in [0.1, 0.15) is 38.9 Å². The normalized spacial score (nSPS) is 24.1. The minimum absolute atomic E-state index is 0.222. The molecule has 0 aromatic heterocycles. The number of hydrogen-bond donors (Lipinski definition) is 0. The second-order valence-corrected chi connectivity index (χ2v) is 18.3. The van der Waals surface area contributed by atoms with Gasteiger partial charge in [0.1, 0.15) is 54.9 Å². The summed E-state index contributed by atoms with van der Waals surface area (Å²) in [6, 6.07) is 70.8. The van der Waals surface area contributed by atoms with Crippen molar-refractivity contribution in [3.05, 3.63) is 263 Å². The van der Waals surface area contributed by atoms with Gasteiger partial charge in [-0.3, -0.25) is 0 Å². The molecule has 2 aliphatic heterocycles. The molecule has 73 heavy (non-hydrogen) atoms. The number of benzene rings is 7. The fraction of sp³-hybridized carbons (Fsp3) is 0.302. The minimum Gasteiger partial charge on any atom is -0.374 e. The van der Waals surface area contributed by atoms with Gasteiger partial charge in [0.05, 0.1) is 52.9 Å². The lowest BCUT2D eigenvalue weighted by Gasteiger charge is -2.46. The van der Waals surface area contributed by atoms with Gasteiger partial charge in [-0.05, 0) is 38.9 Å². The molecule has 10 atom stereocenters. The summed E-state index contributed by atoms with van der Waals surface area (Å²) in [6.07, 6.45) is -2.65. The Morgan fingerprint density at radius 2 is 0.589 bits per heavy atom. The largest absolute Gasteiger partial charge is 0.374 e. The van der Waals surface area contributed by atoms with E-state index in [0.29, 0.717) is 46.2 Å². The standard InChI is InChI=1S/C63H66O10/c1-64-63-62(71-45-53-35-21-8-22-36-53)61(70-44-52-33-19-7-20-34-52)58(67-41-49-27-13-4-14-28-49)55(73-63)38-37-54-57(66-40-48-25-11-3-12-26-48)60(69-43-51-31-17-6-18-32-51)59(68-42-50-29-15-5-16-30-50)56(72-54)46-65-39-47-23-9-2-10-24-47/h2-38,54-63H,39-46H2,1H3/b38-37-/t54-,55+,56+,57-,58+,59+,60+,61-,62+,63-/m0/s1. The molecule has 0 bridgehead atoms. The number of hydrogen-bond acceptors (Lipinski definition) is 10. The Kier molecular flexibility index (Phi) is 19.7. The molecule has 0 amide bonds. The third-order valence-corrected chi connectivity index (χ3v) is 13.0. The third-order valence-electron chi connectivity index (χ3n) is 13.0. The molecule has 2 heterocycles. The first-order valence-electron chi connectivity index (χ1n) is 25.2. The van der Waals surface area contributed by atoms with Crippen molar-refractivity contribution in [3.63, 3.8) is 0 Å². The van der Waals surface area contributed by atoms with Gasteiger partial charge in [-0.2, -0.15) is 0 Å². The van der Waals surface area contributed by atoms with Crippen molar-refractivity contribution in [2.45, 2.75) is 107 Å². The molecule has 2 aliphatic rings. The van der Waals surface area contributed by atoms with Gasteiger partial charge in [0, 0.05) is 7.11 Å². The SMILES string of the molecule is CO[C@H]1O[C@H](/C=C\[C@@H]2O[C@H](COCc3ccccc3)[C@@H](OCc3ccccc3)[C@H](OCc3ccccc3)[C@H]2OCc2ccccc2)[C@@H](OCc2ccccc2)[C@H](OCc2ccccc2)[C@H]1OCc1ccccc1. The van der Waals surface area contributed by atoms with E-state index in [4.69, 9.17) is 47.4 Å². The smallest absolute Gasteiger partial charge is 0.186 e. The molecule has 9 rings (SSSR count). The molecule has 0 N–H and O–H groups in total. The summed E-state index contributed by atoms with van der Waals surface area (Å²) in [7, 11) is 1.63. The third kappa shape index (κ3) is 15.2. The second kappa shape index (κ2) is 27.8. The van der Waals surface area contributed by atoms with Crippen LogP contribution in [-0.2, 0) is 93.6 Å². The molecule has 10 nitrogen and oxygen atoms in total. The van der Waals surface area contributed by atoms with Gasteiger partial charge in [0.2, 0.25) is 0 Å². The van der Waals surface area contributed by atoms with Crippen LogP contribution in [0.3, 0.4) is 0 Å². The van der Waals surface area contributed by atoms with Gasteiger partial charge in [0.15, 0.2) is 6.29 Å². The fourth-order valence-electron chi connectivity index (χ4n) is 9.23. The summed E-state index contributed by atoms with van der Waals surface area (Å²) in [5.74, 6) is 0. The number of ether oxygens (including phenoxy) is 10. The molecule has 2 fully saturated rings. The van der Waals surface area contributed by atoms with Gasteiger partial charge < -0.3 is 47.4 Å². The van der Waals surface area contributed by atoms with Crippen LogP contribution in [0.25, 0.3) is 0 Å². The Morgan fingerprint density at radius 1 is 0.315 bits per heavy atom. The quantitative estimate of drug-likeness (QED) is 0.0516. The molecule has 7 aromatic rings. The van der Waals surface area contributed by atoms with Crippen LogP contribution in [-0.4, -0.2) is 74.9 Å². The van der Waals surface area contributed by atoms with E-state index in [0.717, 1.165) is 38.9 Å². The van der Waals surface area contributed by atoms with Crippen molar-refractivity contribution < 1.29 is 47.4 Å². The molecule has 0 radical (unpaired) electrons. The van der Waals surface area contributed by atoms with Crippen molar-refractivity contribution >= 4 is 0 Å². The summed E-state index contributed by atoms with van der Waals surface area (Å²) in [5, 5.41) is 0. The van der Waals surface area contributed by atoms with Crippen LogP contribution in [0.5, 0.6) is 0 Å². The van der Waals surface area contributed by atoms with E-state index >= 15 is 0 Å². The molecule has 7 aromatic carbocycles. The van der Waals surface area contributed by atoms with E-state index in [-0.39, 0.29) is 6.61 Å². The highest BCUT2D eigenvalue weighted by molar-refractivity contribution is 5.20. The van der Waals surface area contributed by atoms with Gasteiger partial charge in [-0.15, -0.1) is 0 Å². The lowest BCUT2D eigenvalue weighted by molar-refractivity contribution is -0.309. The Bertz CT molecular complexity index is 2610. The topological polar surface area (TPSA) is 92.3 Å². The summed E-state index contributed by atoms with van der Waals surface area (Å²) in [6.45, 7) is 2.48. The Morgan fingerprint density at radius 3 is 0.932 bits per heavy atom. The van der Waals surface area contributed by atoms with Crippen LogP contribution in [0.2, 0.25) is 0 Å². The zero-order chi connectivity index (χ0) is 49.7. The Labute approximate surface area is 430 Å². The van der Waals surface area contributed by atoms with Crippen molar-refractivity contribution in [3.8, 4) is 0 Å². The highest BCUT2D eigenvalue weighted by Gasteiger charge is 2.50. The molecule has 0 saturated carbocycles. The van der Waals surface area contributed by atoms with Gasteiger partial charge in [-0.25, -0.2) is 0 Å². The van der Waals surface area contributed by atoms with Gasteiger partial charge >= 0.3 is 0 Å². The van der Waals surface area contributed by atoms with Crippen molar-refractivity contribution in [1.82, 2.24) is 0 Å². The van der Waals surface area contributed by atoms with E-state index in [1.807, 2.05) is 176 Å². The molecule has 10 heteroatoms. The first-order chi connectivity index (χ1) is 36.2. The van der Waals surface area contributed by atoms with Gasteiger partial charge in [0.25, 0.3) is 0 Å². The number of rotatable bonds is 25. The molecule has 0 unspecified atom stereocenters. The lowest BCUT2D eigenvalue weighted by Crippen LogP contribution is -2.61. The average molecular weight is 983 g/mol. The van der Waals surface area contributed by atoms with E-state index in [2.05, 4.69) is 48.5 Å². The zero-order valence-electron chi connectivity index (χ0n) is 41.4. The van der Waals surface area contributed by atoms with E-state index in [9.17, 15) is 0 Å². The number of methoxy groups -OCH3 is 1. The monoisotopic (exact) mass is 982 g/mol. The molecule has 0 spiro atoms. The lowest BCUT2D eigenvalue weighted by atomic mass is 9.92. The van der Waals surface area contributed by atoms with Crippen LogP contribution in [0.15, 0.2) is 224 Å². The predicted octanol–water partition coefficient (Wildman–Crippen LogP) is 11.4. The highest BCUT2D eigenvalue weighted by Crippen LogP contribution is 2.35. The maximum Gasteiger partial charge on any atom is 0.186 e. The second-order valence-electron chi connectivity index (χ2n) is 18.3. The van der Waals surface area contributed by atoms with Crippen LogP contribution in [0, 0.1) is 0 Å². The molecular weight excluding hydrogens is 917 g/mol. The maximum atomic E-state index is 7.23. The summed E-state index contributed by atoms with van der Waals surface area (Å²) < 4.78 is 68.6. The summed E-state index contributed by atoms with van der Waals surface area (Å²) >= 11 is 0. The Hall–Kier alpha value is -6.12. The summed E-state index contributed by atoms with van der Waals surface area (Å²) in [5.41, 5.74) is 7.13. The van der Waals surface area contributed by atoms with Crippen LogP contribution >= 0.6 is 0 Å². The van der Waals surface area contributed by atoms with E-state index in [1.54, 1.807) is 7.11 Å². The predicted molar refractivity (Wildman–Crippen MR) is 280 cm³/mol. The van der Waals surface area contributed by atoms with Crippen molar-refractivity contribution in [2.24, 2.45) is 0 Å². The van der Waals surface area contributed by atoms with Crippen LogP contribution in [0.4, 0.5) is 0 Å².